The molecule has 1 N–H and O–H groups in total. The van der Waals surface area contributed by atoms with Gasteiger partial charge < -0.3 is 9.52 Å². The van der Waals surface area contributed by atoms with Gasteiger partial charge in [0.1, 0.15) is 5.75 Å². The lowest BCUT2D eigenvalue weighted by molar-refractivity contribution is 0.0677. The Labute approximate surface area is 151 Å². The lowest BCUT2D eigenvalue weighted by Crippen LogP contribution is -2.26. The lowest BCUT2D eigenvalue weighted by Gasteiger charge is -2.21. The maximum atomic E-state index is 12.9. The van der Waals surface area contributed by atoms with E-state index < -0.39 is 0 Å². The normalized spacial score (nSPS) is 16.6. The number of hydrogen-bond donors (Lipinski definition) is 1. The number of nitrogens with zero attached hydrogens (tertiary/aromatic N) is 2. The maximum absolute atomic E-state index is 12.9. The molecule has 0 saturated heterocycles. The van der Waals surface area contributed by atoms with E-state index in [1.807, 2.05) is 43.3 Å². The molecule has 1 aromatic heterocycles. The highest BCUT2D eigenvalue weighted by Crippen LogP contribution is 2.37. The molecule has 5 nitrogen and oxygen atoms in total. The summed E-state index contributed by atoms with van der Waals surface area (Å²) in [5.74, 6) is 0.0415. The Bertz CT molecular complexity index is 959. The fourth-order valence-electron chi connectivity index (χ4n) is 3.14. The van der Waals surface area contributed by atoms with Crippen molar-refractivity contribution in [2.75, 3.05) is 0 Å². The third-order valence-corrected chi connectivity index (χ3v) is 4.53. The molecule has 4 rings (SSSR count). The summed E-state index contributed by atoms with van der Waals surface area (Å²) in [5.41, 5.74) is 3.59. The number of amides is 1. The van der Waals surface area contributed by atoms with Crippen molar-refractivity contribution < 1.29 is 14.3 Å². The highest BCUT2D eigenvalue weighted by Gasteiger charge is 2.35. The fourth-order valence-corrected chi connectivity index (χ4v) is 3.14. The van der Waals surface area contributed by atoms with E-state index in [1.165, 1.54) is 11.3 Å². The van der Waals surface area contributed by atoms with Gasteiger partial charge in [0.25, 0.3) is 0 Å². The molecular weight excluding hydrogens is 328 g/mol. The van der Waals surface area contributed by atoms with Crippen LogP contribution in [-0.4, -0.2) is 21.7 Å². The number of furan rings is 1. The van der Waals surface area contributed by atoms with Crippen molar-refractivity contribution in [3.05, 3.63) is 89.4 Å². The number of phenols is 1. The highest BCUT2D eigenvalue weighted by atomic mass is 16.3. The second-order valence-corrected chi connectivity index (χ2v) is 6.32. The Hall–Kier alpha value is -3.34. The van der Waals surface area contributed by atoms with Crippen molar-refractivity contribution >= 4 is 11.6 Å². The number of aromatic hydroxyl groups is 1. The molecule has 0 bridgehead atoms. The number of hydrazone groups is 1. The second kappa shape index (κ2) is 6.52. The summed E-state index contributed by atoms with van der Waals surface area (Å²) in [6.45, 7) is 2.03. The van der Waals surface area contributed by atoms with Crippen LogP contribution in [0.25, 0.3) is 0 Å². The van der Waals surface area contributed by atoms with Crippen LogP contribution >= 0.6 is 0 Å². The quantitative estimate of drug-likeness (QED) is 0.769. The summed E-state index contributed by atoms with van der Waals surface area (Å²) in [6.07, 6.45) is 1.98. The van der Waals surface area contributed by atoms with Crippen LogP contribution in [0.15, 0.2) is 76.4 Å². The first-order chi connectivity index (χ1) is 12.6. The molecule has 3 aromatic rings. The molecule has 0 saturated carbocycles. The molecule has 1 amide bonds. The summed E-state index contributed by atoms with van der Waals surface area (Å²) < 4.78 is 5.26. The molecule has 1 aliphatic heterocycles. The molecule has 5 heteroatoms. The van der Waals surface area contributed by atoms with Crippen LogP contribution in [0.3, 0.4) is 0 Å². The summed E-state index contributed by atoms with van der Waals surface area (Å²) in [5, 5.41) is 16.3. The van der Waals surface area contributed by atoms with E-state index in [4.69, 9.17) is 4.42 Å². The molecular formula is C21H18N2O3. The van der Waals surface area contributed by atoms with Crippen LogP contribution in [0, 0.1) is 6.92 Å². The van der Waals surface area contributed by atoms with E-state index >= 15 is 0 Å². The minimum absolute atomic E-state index is 0.148. The smallest absolute Gasteiger partial charge is 0.310 e. The summed E-state index contributed by atoms with van der Waals surface area (Å²) >= 11 is 0. The van der Waals surface area contributed by atoms with Crippen molar-refractivity contribution in [3.8, 4) is 5.75 Å². The first-order valence-electron chi connectivity index (χ1n) is 8.43. The van der Waals surface area contributed by atoms with Gasteiger partial charge in [-0.05, 0) is 30.7 Å². The third kappa shape index (κ3) is 2.88. The van der Waals surface area contributed by atoms with Crippen molar-refractivity contribution in [1.29, 1.82) is 0 Å². The largest absolute Gasteiger partial charge is 0.508 e. The minimum Gasteiger partial charge on any atom is -0.508 e. The van der Waals surface area contributed by atoms with E-state index in [1.54, 1.807) is 24.3 Å². The Morgan fingerprint density at radius 3 is 2.58 bits per heavy atom. The lowest BCUT2D eigenvalue weighted by atomic mass is 9.97. The Morgan fingerprint density at radius 2 is 1.88 bits per heavy atom. The van der Waals surface area contributed by atoms with Crippen molar-refractivity contribution in [2.45, 2.75) is 19.4 Å². The third-order valence-electron chi connectivity index (χ3n) is 4.53. The van der Waals surface area contributed by atoms with Crippen molar-refractivity contribution in [2.24, 2.45) is 5.10 Å². The Kier molecular flexibility index (Phi) is 4.05. The number of benzene rings is 2. The number of aryl methyl sites for hydroxylation is 1. The predicted molar refractivity (Wildman–Crippen MR) is 98.1 cm³/mol. The van der Waals surface area contributed by atoms with Gasteiger partial charge in [-0.3, -0.25) is 4.79 Å². The van der Waals surface area contributed by atoms with Crippen LogP contribution in [0.1, 0.15) is 39.7 Å². The summed E-state index contributed by atoms with van der Waals surface area (Å²) in [7, 11) is 0. The van der Waals surface area contributed by atoms with Crippen LogP contribution < -0.4 is 0 Å². The van der Waals surface area contributed by atoms with Crippen molar-refractivity contribution in [1.82, 2.24) is 5.01 Å². The first-order valence-corrected chi connectivity index (χ1v) is 8.43. The topological polar surface area (TPSA) is 66.0 Å². The summed E-state index contributed by atoms with van der Waals surface area (Å²) in [6, 6.07) is 18.0. The molecule has 2 aromatic carbocycles. The van der Waals surface area contributed by atoms with Crippen LogP contribution in [0.2, 0.25) is 0 Å². The number of hydrogen-bond acceptors (Lipinski definition) is 4. The zero-order valence-corrected chi connectivity index (χ0v) is 14.3. The van der Waals surface area contributed by atoms with Gasteiger partial charge in [-0.15, -0.1) is 0 Å². The van der Waals surface area contributed by atoms with E-state index in [2.05, 4.69) is 5.10 Å². The summed E-state index contributed by atoms with van der Waals surface area (Å²) in [4.78, 5) is 12.9. The van der Waals surface area contributed by atoms with E-state index in [-0.39, 0.29) is 23.5 Å². The maximum Gasteiger partial charge on any atom is 0.310 e. The SMILES string of the molecule is Cc1ccc(C2=NN(C(=O)c3ccco3)[C@@H](c3ccccc3O)C2)cc1. The van der Waals surface area contributed by atoms with E-state index in [0.29, 0.717) is 12.0 Å². The van der Waals surface area contributed by atoms with Gasteiger partial charge in [0.15, 0.2) is 5.76 Å². The molecule has 0 unspecified atom stereocenters. The predicted octanol–water partition coefficient (Wildman–Crippen LogP) is 4.29. The average Bonchev–Trinajstić information content (AvgIpc) is 3.32. The number of carbonyl (C=O) groups excluding carboxylic acids is 1. The minimum atomic E-state index is -0.384. The molecule has 0 fully saturated rings. The second-order valence-electron chi connectivity index (χ2n) is 6.32. The monoisotopic (exact) mass is 346 g/mol. The van der Waals surface area contributed by atoms with Crippen LogP contribution in [0.4, 0.5) is 0 Å². The van der Waals surface area contributed by atoms with Crippen LogP contribution in [-0.2, 0) is 0 Å². The molecule has 0 aliphatic carbocycles. The van der Waals surface area contributed by atoms with Gasteiger partial charge in [0.05, 0.1) is 18.0 Å². The van der Waals surface area contributed by atoms with E-state index in [0.717, 1.165) is 16.8 Å². The number of phenolic OH excluding ortho intramolecular Hbond substituents is 1. The first kappa shape index (κ1) is 16.1. The van der Waals surface area contributed by atoms with Crippen molar-refractivity contribution in [3.63, 3.8) is 0 Å². The zero-order chi connectivity index (χ0) is 18.1. The fraction of sp³-hybridized carbons (Fsp3) is 0.143. The Morgan fingerprint density at radius 1 is 1.12 bits per heavy atom. The molecule has 0 spiro atoms. The zero-order valence-electron chi connectivity index (χ0n) is 14.3. The number of rotatable bonds is 3. The van der Waals surface area contributed by atoms with Gasteiger partial charge >= 0.3 is 5.91 Å². The molecule has 0 radical (unpaired) electrons. The molecule has 2 heterocycles. The molecule has 130 valence electrons. The van der Waals surface area contributed by atoms with Gasteiger partial charge in [0.2, 0.25) is 0 Å². The molecule has 26 heavy (non-hydrogen) atoms. The van der Waals surface area contributed by atoms with Gasteiger partial charge in [-0.25, -0.2) is 5.01 Å². The van der Waals surface area contributed by atoms with Crippen LogP contribution in [0.5, 0.6) is 5.75 Å². The van der Waals surface area contributed by atoms with Gasteiger partial charge in [0, 0.05) is 12.0 Å². The molecule has 1 aliphatic rings. The van der Waals surface area contributed by atoms with E-state index in [9.17, 15) is 9.90 Å². The molecule has 1 atom stereocenters. The highest BCUT2D eigenvalue weighted by molar-refractivity contribution is 6.04. The average molecular weight is 346 g/mol. The van der Waals surface area contributed by atoms with Gasteiger partial charge in [-0.2, -0.15) is 5.10 Å². The number of para-hydroxylation sites is 1. The van der Waals surface area contributed by atoms with Gasteiger partial charge in [-0.1, -0.05) is 48.0 Å². The standard InChI is InChI=1S/C21H18N2O3/c1-14-8-10-15(11-9-14)17-13-18(16-5-2-3-6-19(16)24)23(22-17)21(25)20-7-4-12-26-20/h2-12,18,24H,13H2,1H3/t18-/m1/s1. The number of carbonyl (C=O) groups is 1. The Balaban J connectivity index is 1.75.